The molecule has 6 rings (SSSR count). The fourth-order valence-electron chi connectivity index (χ4n) is 5.17. The van der Waals surface area contributed by atoms with Gasteiger partial charge in [-0.2, -0.15) is 5.10 Å². The van der Waals surface area contributed by atoms with E-state index in [9.17, 15) is 0 Å². The van der Waals surface area contributed by atoms with Crippen LogP contribution in [0.2, 0.25) is 0 Å². The van der Waals surface area contributed by atoms with Crippen molar-refractivity contribution >= 4 is 11.0 Å². The van der Waals surface area contributed by atoms with Crippen LogP contribution in [0.25, 0.3) is 33.5 Å². The summed E-state index contributed by atoms with van der Waals surface area (Å²) in [7, 11) is 0. The summed E-state index contributed by atoms with van der Waals surface area (Å²) in [6.07, 6.45) is 8.37. The third-order valence-electron chi connectivity index (χ3n) is 6.87. The van der Waals surface area contributed by atoms with Crippen LogP contribution in [0.3, 0.4) is 0 Å². The highest BCUT2D eigenvalue weighted by Gasteiger charge is 2.25. The molecule has 1 atom stereocenters. The van der Waals surface area contributed by atoms with Gasteiger partial charge in [0.1, 0.15) is 5.69 Å². The standard InChI is InChI=1S/C27H31N5O2/c1-19-7-4-8-22(29-19)27-26(23-9-5-14-32(23)30-27)20-11-12-21-24(17-20)31(18-28-21)13-6-16-34-25-10-2-3-15-33-25/h4,7-8,11-12,17-18,25H,2-3,5-6,9-10,13-16H2,1H3. The normalized spacial score (nSPS) is 18.0. The summed E-state index contributed by atoms with van der Waals surface area (Å²) in [4.78, 5) is 9.42. The van der Waals surface area contributed by atoms with Gasteiger partial charge in [-0.25, -0.2) is 4.98 Å². The minimum Gasteiger partial charge on any atom is -0.353 e. The zero-order valence-electron chi connectivity index (χ0n) is 19.7. The summed E-state index contributed by atoms with van der Waals surface area (Å²) in [5.41, 5.74) is 8.78. The number of ether oxygens (including phenoxy) is 2. The van der Waals surface area contributed by atoms with E-state index in [2.05, 4.69) is 44.6 Å². The van der Waals surface area contributed by atoms with Gasteiger partial charge in [0.05, 0.1) is 29.7 Å². The number of aryl methyl sites for hydroxylation is 3. The van der Waals surface area contributed by atoms with Crippen LogP contribution in [0.1, 0.15) is 43.5 Å². The molecule has 0 radical (unpaired) electrons. The fraction of sp³-hybridized carbons (Fsp3) is 0.444. The number of fused-ring (bicyclic) bond motifs is 2. The van der Waals surface area contributed by atoms with Gasteiger partial charge in [0, 0.05) is 36.6 Å². The van der Waals surface area contributed by atoms with E-state index < -0.39 is 0 Å². The summed E-state index contributed by atoms with van der Waals surface area (Å²) in [6.45, 7) is 5.38. The van der Waals surface area contributed by atoms with Crippen LogP contribution in [-0.2, 0) is 29.0 Å². The Labute approximate surface area is 199 Å². The second kappa shape index (κ2) is 9.31. The van der Waals surface area contributed by atoms with Gasteiger partial charge in [0.25, 0.3) is 0 Å². The van der Waals surface area contributed by atoms with Crippen molar-refractivity contribution in [2.24, 2.45) is 0 Å². The van der Waals surface area contributed by atoms with E-state index >= 15 is 0 Å². The van der Waals surface area contributed by atoms with Crippen molar-refractivity contribution < 1.29 is 9.47 Å². The Kier molecular flexibility index (Phi) is 5.89. The zero-order valence-corrected chi connectivity index (χ0v) is 19.7. The second-order valence-corrected chi connectivity index (χ2v) is 9.32. The Morgan fingerprint density at radius 2 is 2.12 bits per heavy atom. The predicted molar refractivity (Wildman–Crippen MR) is 131 cm³/mol. The molecule has 0 bridgehead atoms. The predicted octanol–water partition coefficient (Wildman–Crippen LogP) is 5.15. The zero-order chi connectivity index (χ0) is 22.9. The largest absolute Gasteiger partial charge is 0.353 e. The van der Waals surface area contributed by atoms with Crippen molar-refractivity contribution in [3.63, 3.8) is 0 Å². The van der Waals surface area contributed by atoms with Gasteiger partial charge in [0.15, 0.2) is 6.29 Å². The highest BCUT2D eigenvalue weighted by atomic mass is 16.7. The number of pyridine rings is 1. The first kappa shape index (κ1) is 21.5. The Morgan fingerprint density at radius 1 is 1.15 bits per heavy atom. The van der Waals surface area contributed by atoms with Crippen LogP contribution in [0, 0.1) is 6.92 Å². The molecule has 0 N–H and O–H groups in total. The first-order valence-electron chi connectivity index (χ1n) is 12.5. The molecule has 0 amide bonds. The van der Waals surface area contributed by atoms with Crippen molar-refractivity contribution in [2.45, 2.75) is 64.8 Å². The third kappa shape index (κ3) is 4.14. The Morgan fingerprint density at radius 3 is 3.00 bits per heavy atom. The lowest BCUT2D eigenvalue weighted by molar-refractivity contribution is -0.162. The highest BCUT2D eigenvalue weighted by molar-refractivity contribution is 5.88. The number of aromatic nitrogens is 5. The van der Waals surface area contributed by atoms with Gasteiger partial charge in [-0.1, -0.05) is 12.1 Å². The van der Waals surface area contributed by atoms with Gasteiger partial charge < -0.3 is 14.0 Å². The van der Waals surface area contributed by atoms with Gasteiger partial charge >= 0.3 is 0 Å². The molecule has 1 unspecified atom stereocenters. The summed E-state index contributed by atoms with van der Waals surface area (Å²) < 4.78 is 16.0. The Balaban J connectivity index is 1.28. The molecule has 0 aliphatic carbocycles. The second-order valence-electron chi connectivity index (χ2n) is 9.32. The molecule has 34 heavy (non-hydrogen) atoms. The third-order valence-corrected chi connectivity index (χ3v) is 6.87. The van der Waals surface area contributed by atoms with E-state index in [1.54, 1.807) is 0 Å². The van der Waals surface area contributed by atoms with Gasteiger partial charge in [-0.05, 0) is 75.3 Å². The lowest BCUT2D eigenvalue weighted by Crippen LogP contribution is -2.22. The van der Waals surface area contributed by atoms with Crippen LogP contribution in [0.15, 0.2) is 42.7 Å². The van der Waals surface area contributed by atoms with E-state index in [1.807, 2.05) is 19.3 Å². The van der Waals surface area contributed by atoms with Crippen LogP contribution < -0.4 is 0 Å². The molecule has 4 aromatic rings. The van der Waals surface area contributed by atoms with Crippen LogP contribution in [0.4, 0.5) is 0 Å². The van der Waals surface area contributed by atoms with Crippen molar-refractivity contribution in [1.29, 1.82) is 0 Å². The molecule has 3 aromatic heterocycles. The number of rotatable bonds is 7. The molecule has 0 spiro atoms. The maximum atomic E-state index is 5.93. The Hall–Kier alpha value is -3.03. The van der Waals surface area contributed by atoms with E-state index in [0.29, 0.717) is 6.61 Å². The van der Waals surface area contributed by atoms with E-state index in [1.165, 1.54) is 23.2 Å². The van der Waals surface area contributed by atoms with Crippen molar-refractivity contribution in [3.8, 4) is 22.5 Å². The molecule has 7 nitrogen and oxygen atoms in total. The molecule has 176 valence electrons. The topological polar surface area (TPSA) is 67.0 Å². The first-order valence-corrected chi connectivity index (χ1v) is 12.5. The maximum Gasteiger partial charge on any atom is 0.157 e. The molecular weight excluding hydrogens is 426 g/mol. The van der Waals surface area contributed by atoms with Gasteiger partial charge in [-0.3, -0.25) is 9.67 Å². The molecule has 2 aliphatic heterocycles. The fourth-order valence-corrected chi connectivity index (χ4v) is 5.17. The molecule has 5 heterocycles. The number of imidazole rings is 1. The molecule has 0 saturated carbocycles. The average molecular weight is 458 g/mol. The molecular formula is C27H31N5O2. The average Bonchev–Trinajstić information content (AvgIpc) is 3.57. The molecule has 1 fully saturated rings. The van der Waals surface area contributed by atoms with Gasteiger partial charge in [-0.15, -0.1) is 0 Å². The summed E-state index contributed by atoms with van der Waals surface area (Å²) in [5, 5.41) is 4.98. The monoisotopic (exact) mass is 457 g/mol. The minimum atomic E-state index is -0.0297. The first-order chi connectivity index (χ1) is 16.8. The molecule has 1 saturated heterocycles. The van der Waals surface area contributed by atoms with Crippen molar-refractivity contribution in [3.05, 3.63) is 54.1 Å². The van der Waals surface area contributed by atoms with Crippen LogP contribution in [0.5, 0.6) is 0 Å². The number of hydrogen-bond acceptors (Lipinski definition) is 5. The lowest BCUT2D eigenvalue weighted by atomic mass is 9.99. The lowest BCUT2D eigenvalue weighted by Gasteiger charge is -2.22. The van der Waals surface area contributed by atoms with Crippen molar-refractivity contribution in [1.82, 2.24) is 24.3 Å². The smallest absolute Gasteiger partial charge is 0.157 e. The van der Waals surface area contributed by atoms with Gasteiger partial charge in [0.2, 0.25) is 0 Å². The molecule has 2 aliphatic rings. The highest BCUT2D eigenvalue weighted by Crippen LogP contribution is 2.38. The van der Waals surface area contributed by atoms with Crippen LogP contribution in [-0.4, -0.2) is 43.8 Å². The van der Waals surface area contributed by atoms with E-state index in [-0.39, 0.29) is 6.29 Å². The van der Waals surface area contributed by atoms with E-state index in [0.717, 1.165) is 79.9 Å². The maximum absolute atomic E-state index is 5.93. The number of benzene rings is 1. The van der Waals surface area contributed by atoms with E-state index in [4.69, 9.17) is 19.6 Å². The quantitative estimate of drug-likeness (QED) is 0.359. The number of hydrogen-bond donors (Lipinski definition) is 0. The summed E-state index contributed by atoms with van der Waals surface area (Å²) in [6, 6.07) is 12.7. The SMILES string of the molecule is Cc1cccc(-c2nn3c(c2-c2ccc4ncn(CCCOC5CCCCO5)c4c2)CCC3)n1. The van der Waals surface area contributed by atoms with Crippen LogP contribution >= 0.6 is 0 Å². The number of nitrogens with zero attached hydrogens (tertiary/aromatic N) is 5. The van der Waals surface area contributed by atoms with Crippen molar-refractivity contribution in [2.75, 3.05) is 13.2 Å². The molecule has 7 heteroatoms. The summed E-state index contributed by atoms with van der Waals surface area (Å²) >= 11 is 0. The molecule has 1 aromatic carbocycles. The summed E-state index contributed by atoms with van der Waals surface area (Å²) in [5.74, 6) is 0. The Bertz CT molecular complexity index is 1300. The minimum absolute atomic E-state index is 0.0297.